The number of amides is 2. The zero-order chi connectivity index (χ0) is 18.8. The molecule has 3 rings (SSSR count). The molecular weight excluding hydrogens is 362 g/mol. The first-order chi connectivity index (χ1) is 12.5. The summed E-state index contributed by atoms with van der Waals surface area (Å²) in [7, 11) is 1.49. The maximum absolute atomic E-state index is 12.6. The van der Waals surface area contributed by atoms with Crippen molar-refractivity contribution >= 4 is 35.0 Å². The second-order valence-corrected chi connectivity index (χ2v) is 6.42. The molecule has 26 heavy (non-hydrogen) atoms. The van der Waals surface area contributed by atoms with Gasteiger partial charge in [-0.25, -0.2) is 4.79 Å². The Kier molecular flexibility index (Phi) is 5.08. The highest BCUT2D eigenvalue weighted by Crippen LogP contribution is 2.41. The maximum Gasteiger partial charge on any atom is 0.329 e. The summed E-state index contributed by atoms with van der Waals surface area (Å²) in [6, 6.07) is 2.33. The number of fused-ring (bicyclic) bond motifs is 1. The summed E-state index contributed by atoms with van der Waals surface area (Å²) in [5, 5.41) is -0.526. The minimum Gasteiger partial charge on any atom is -0.496 e. The van der Waals surface area contributed by atoms with E-state index in [0.717, 1.165) is 16.7 Å². The molecule has 2 amide bonds. The lowest BCUT2D eigenvalue weighted by Crippen LogP contribution is -2.42. The smallest absolute Gasteiger partial charge is 0.329 e. The van der Waals surface area contributed by atoms with E-state index in [1.165, 1.54) is 20.1 Å². The van der Waals surface area contributed by atoms with Gasteiger partial charge >= 0.3 is 5.97 Å². The van der Waals surface area contributed by atoms with E-state index in [0.29, 0.717) is 22.8 Å². The Labute approximate surface area is 154 Å². The minimum atomic E-state index is -0.994. The number of thioether (sulfide) groups is 1. The molecule has 2 heterocycles. The Balaban J connectivity index is 1.90. The van der Waals surface area contributed by atoms with Gasteiger partial charge in [-0.15, -0.1) is 0 Å². The molecule has 0 spiro atoms. The summed E-state index contributed by atoms with van der Waals surface area (Å²) >= 11 is 0.756. The lowest BCUT2D eigenvalue weighted by molar-refractivity contribution is -0.150. The first-order valence-corrected chi connectivity index (χ1v) is 8.69. The number of esters is 1. The van der Waals surface area contributed by atoms with E-state index in [4.69, 9.17) is 18.9 Å². The molecule has 9 heteroatoms. The predicted octanol–water partition coefficient (Wildman–Crippen LogP) is 2.41. The highest BCUT2D eigenvalue weighted by atomic mass is 32.2. The van der Waals surface area contributed by atoms with Gasteiger partial charge in [-0.3, -0.25) is 14.5 Å². The summed E-state index contributed by atoms with van der Waals surface area (Å²) in [6.45, 7) is 3.39. The van der Waals surface area contributed by atoms with Crippen molar-refractivity contribution in [2.24, 2.45) is 0 Å². The third-order valence-electron chi connectivity index (χ3n) is 3.85. The molecule has 1 saturated heterocycles. The van der Waals surface area contributed by atoms with Crippen molar-refractivity contribution < 1.29 is 33.3 Å². The fourth-order valence-corrected chi connectivity index (χ4v) is 3.45. The van der Waals surface area contributed by atoms with Crippen LogP contribution in [0.1, 0.15) is 19.4 Å². The van der Waals surface area contributed by atoms with Gasteiger partial charge in [0.1, 0.15) is 11.8 Å². The van der Waals surface area contributed by atoms with Crippen LogP contribution >= 0.6 is 11.8 Å². The monoisotopic (exact) mass is 379 g/mol. The van der Waals surface area contributed by atoms with Crippen molar-refractivity contribution in [2.45, 2.75) is 19.9 Å². The standard InChI is InChI=1S/C17H17NO7S/c1-4-23-16(20)9(2)18-15(19)14(26-17(18)21)6-10-5-12-13(25-8-24-12)7-11(10)22-3/h5-7,9H,4,8H2,1-3H3. The predicted molar refractivity (Wildman–Crippen MR) is 93.0 cm³/mol. The Morgan fingerprint density at radius 3 is 2.69 bits per heavy atom. The van der Waals surface area contributed by atoms with Crippen LogP contribution in [0.3, 0.4) is 0 Å². The Morgan fingerprint density at radius 2 is 2.04 bits per heavy atom. The molecule has 1 atom stereocenters. The summed E-state index contributed by atoms with van der Waals surface area (Å²) in [5.74, 6) is 0.357. The molecule has 2 aliphatic heterocycles. The number of ether oxygens (including phenoxy) is 4. The number of carbonyl (C=O) groups excluding carboxylic acids is 3. The van der Waals surface area contributed by atoms with Crippen LogP contribution in [0.25, 0.3) is 6.08 Å². The molecule has 138 valence electrons. The van der Waals surface area contributed by atoms with E-state index >= 15 is 0 Å². The Morgan fingerprint density at radius 1 is 1.35 bits per heavy atom. The van der Waals surface area contributed by atoms with E-state index in [-0.39, 0.29) is 18.3 Å². The van der Waals surface area contributed by atoms with Crippen molar-refractivity contribution in [1.82, 2.24) is 4.90 Å². The molecule has 0 bridgehead atoms. The highest BCUT2D eigenvalue weighted by Gasteiger charge is 2.41. The van der Waals surface area contributed by atoms with Crippen molar-refractivity contribution in [3.63, 3.8) is 0 Å². The summed E-state index contributed by atoms with van der Waals surface area (Å²) in [5.41, 5.74) is 0.561. The van der Waals surface area contributed by atoms with Gasteiger partial charge in [0.2, 0.25) is 6.79 Å². The van der Waals surface area contributed by atoms with Crippen LogP contribution in [0.15, 0.2) is 17.0 Å². The van der Waals surface area contributed by atoms with Crippen LogP contribution in [0.4, 0.5) is 4.79 Å². The topological polar surface area (TPSA) is 91.4 Å². The molecular formula is C17H17NO7S. The minimum absolute atomic E-state index is 0.107. The molecule has 0 saturated carbocycles. The molecule has 1 fully saturated rings. The molecule has 0 aromatic heterocycles. The summed E-state index contributed by atoms with van der Waals surface area (Å²) in [6.07, 6.45) is 1.53. The zero-order valence-electron chi connectivity index (χ0n) is 14.4. The van der Waals surface area contributed by atoms with E-state index in [1.54, 1.807) is 19.1 Å². The zero-order valence-corrected chi connectivity index (χ0v) is 15.3. The lowest BCUT2D eigenvalue weighted by atomic mass is 10.1. The molecule has 1 aromatic carbocycles. The van der Waals surface area contributed by atoms with Crippen LogP contribution in [0.5, 0.6) is 17.2 Å². The third-order valence-corrected chi connectivity index (χ3v) is 4.73. The number of rotatable bonds is 5. The van der Waals surface area contributed by atoms with Crippen molar-refractivity contribution in [3.8, 4) is 17.2 Å². The first-order valence-electron chi connectivity index (χ1n) is 7.87. The van der Waals surface area contributed by atoms with Gasteiger partial charge in [0.25, 0.3) is 11.1 Å². The molecule has 2 aliphatic rings. The van der Waals surface area contributed by atoms with Crippen LogP contribution in [0.2, 0.25) is 0 Å². The largest absolute Gasteiger partial charge is 0.496 e. The van der Waals surface area contributed by atoms with E-state index in [9.17, 15) is 14.4 Å². The van der Waals surface area contributed by atoms with Crippen LogP contribution in [-0.2, 0) is 14.3 Å². The van der Waals surface area contributed by atoms with Gasteiger partial charge in [-0.05, 0) is 37.8 Å². The third kappa shape index (κ3) is 3.22. The van der Waals surface area contributed by atoms with Gasteiger partial charge in [0.15, 0.2) is 11.5 Å². The Hall–Kier alpha value is -2.68. The molecule has 1 aromatic rings. The second-order valence-electron chi connectivity index (χ2n) is 5.43. The van der Waals surface area contributed by atoms with Gasteiger partial charge < -0.3 is 18.9 Å². The molecule has 8 nitrogen and oxygen atoms in total. The van der Waals surface area contributed by atoms with Crippen LogP contribution in [-0.4, -0.2) is 48.6 Å². The summed E-state index contributed by atoms with van der Waals surface area (Å²) in [4.78, 5) is 37.8. The number of nitrogens with zero attached hydrogens (tertiary/aromatic N) is 1. The Bertz CT molecular complexity index is 805. The molecule has 0 radical (unpaired) electrons. The second kappa shape index (κ2) is 7.28. The van der Waals surface area contributed by atoms with Crippen molar-refractivity contribution in [1.29, 1.82) is 0 Å². The number of hydrogen-bond donors (Lipinski definition) is 0. The number of hydrogen-bond acceptors (Lipinski definition) is 8. The highest BCUT2D eigenvalue weighted by molar-refractivity contribution is 8.18. The van der Waals surface area contributed by atoms with Gasteiger partial charge in [-0.1, -0.05) is 0 Å². The number of carbonyl (C=O) groups is 3. The van der Waals surface area contributed by atoms with Crippen LogP contribution in [0, 0.1) is 0 Å². The fourth-order valence-electron chi connectivity index (χ4n) is 2.55. The number of methoxy groups -OCH3 is 1. The number of benzene rings is 1. The van der Waals surface area contributed by atoms with Crippen molar-refractivity contribution in [2.75, 3.05) is 20.5 Å². The molecule has 0 aliphatic carbocycles. The normalized spacial score (nSPS) is 18.4. The van der Waals surface area contributed by atoms with E-state index in [2.05, 4.69) is 0 Å². The SMILES string of the molecule is CCOC(=O)C(C)N1C(=O)SC(=Cc2cc3c(cc2OC)OCO3)C1=O. The van der Waals surface area contributed by atoms with Crippen molar-refractivity contribution in [3.05, 3.63) is 22.6 Å². The molecule has 1 unspecified atom stereocenters. The fraction of sp³-hybridized carbons (Fsp3) is 0.353. The first kappa shape index (κ1) is 18.1. The lowest BCUT2D eigenvalue weighted by Gasteiger charge is -2.19. The number of imide groups is 1. The maximum atomic E-state index is 12.6. The van der Waals surface area contributed by atoms with E-state index in [1.807, 2.05) is 0 Å². The average Bonchev–Trinajstić information content (AvgIpc) is 3.17. The van der Waals surface area contributed by atoms with Crippen LogP contribution < -0.4 is 14.2 Å². The van der Waals surface area contributed by atoms with Gasteiger partial charge in [0.05, 0.1) is 18.6 Å². The average molecular weight is 379 g/mol. The van der Waals surface area contributed by atoms with Gasteiger partial charge in [0, 0.05) is 11.6 Å². The van der Waals surface area contributed by atoms with E-state index < -0.39 is 23.2 Å². The van der Waals surface area contributed by atoms with Gasteiger partial charge in [-0.2, -0.15) is 0 Å². The quantitative estimate of drug-likeness (QED) is 0.569. The molecule has 0 N–H and O–H groups in total. The summed E-state index contributed by atoms with van der Waals surface area (Å²) < 4.78 is 20.8.